The molecule has 0 amide bonds. The van der Waals surface area contributed by atoms with E-state index in [-0.39, 0.29) is 5.54 Å². The standard InChI is InChI=1S/C24H24N2/c1-17-14-21-22(15-18(17)2)26-24(3,20-12-8-5-9-13-20)16-23(25-21)19-10-6-4-7-11-19/h4-15,26H,16H2,1-3H3. The zero-order valence-electron chi connectivity index (χ0n) is 15.6. The molecular weight excluding hydrogens is 316 g/mol. The molecule has 130 valence electrons. The van der Waals surface area contributed by atoms with E-state index in [1.807, 2.05) is 0 Å². The molecule has 0 bridgehead atoms. The van der Waals surface area contributed by atoms with Crippen molar-refractivity contribution < 1.29 is 0 Å². The van der Waals surface area contributed by atoms with E-state index in [1.54, 1.807) is 0 Å². The summed E-state index contributed by atoms with van der Waals surface area (Å²) in [6, 6.07) is 25.6. The van der Waals surface area contributed by atoms with Gasteiger partial charge in [-0.15, -0.1) is 0 Å². The first kappa shape index (κ1) is 16.6. The minimum Gasteiger partial charge on any atom is -0.374 e. The fourth-order valence-corrected chi connectivity index (χ4v) is 3.63. The number of hydrogen-bond acceptors (Lipinski definition) is 2. The fourth-order valence-electron chi connectivity index (χ4n) is 3.63. The van der Waals surface area contributed by atoms with Gasteiger partial charge in [0.1, 0.15) is 0 Å². The smallest absolute Gasteiger partial charge is 0.0867 e. The molecule has 0 saturated carbocycles. The summed E-state index contributed by atoms with van der Waals surface area (Å²) in [4.78, 5) is 5.09. The van der Waals surface area contributed by atoms with E-state index >= 15 is 0 Å². The molecule has 1 aliphatic heterocycles. The monoisotopic (exact) mass is 340 g/mol. The molecule has 0 saturated heterocycles. The van der Waals surface area contributed by atoms with Gasteiger partial charge >= 0.3 is 0 Å². The Morgan fingerprint density at radius 3 is 2.15 bits per heavy atom. The summed E-state index contributed by atoms with van der Waals surface area (Å²) in [6.45, 7) is 6.57. The Kier molecular flexibility index (Phi) is 4.12. The number of nitrogens with one attached hydrogen (secondary N) is 1. The quantitative estimate of drug-likeness (QED) is 0.594. The molecule has 2 heteroatoms. The van der Waals surface area contributed by atoms with Gasteiger partial charge in [-0.1, -0.05) is 60.7 Å². The Morgan fingerprint density at radius 1 is 0.846 bits per heavy atom. The molecule has 1 aliphatic rings. The lowest BCUT2D eigenvalue weighted by Gasteiger charge is -2.32. The lowest BCUT2D eigenvalue weighted by molar-refractivity contribution is 0.571. The van der Waals surface area contributed by atoms with Gasteiger partial charge in [-0.3, -0.25) is 4.99 Å². The first-order chi connectivity index (χ1) is 12.5. The molecule has 3 aromatic rings. The van der Waals surface area contributed by atoms with Crippen molar-refractivity contribution in [1.29, 1.82) is 0 Å². The highest BCUT2D eigenvalue weighted by Gasteiger charge is 2.32. The van der Waals surface area contributed by atoms with Crippen molar-refractivity contribution in [2.75, 3.05) is 5.32 Å². The van der Waals surface area contributed by atoms with Crippen LogP contribution in [0.2, 0.25) is 0 Å². The average Bonchev–Trinajstić information content (AvgIpc) is 2.80. The number of nitrogens with zero attached hydrogens (tertiary/aromatic N) is 1. The van der Waals surface area contributed by atoms with Crippen molar-refractivity contribution in [3.05, 3.63) is 95.1 Å². The number of fused-ring (bicyclic) bond motifs is 1. The van der Waals surface area contributed by atoms with Crippen LogP contribution >= 0.6 is 0 Å². The summed E-state index contributed by atoms with van der Waals surface area (Å²) in [6.07, 6.45) is 0.827. The van der Waals surface area contributed by atoms with Crippen molar-refractivity contribution in [1.82, 2.24) is 0 Å². The molecule has 3 aromatic carbocycles. The Balaban J connectivity index is 1.91. The van der Waals surface area contributed by atoms with Crippen LogP contribution in [0.25, 0.3) is 0 Å². The second kappa shape index (κ2) is 6.45. The molecular formula is C24H24N2. The third-order valence-corrected chi connectivity index (χ3v) is 5.32. The van der Waals surface area contributed by atoms with Gasteiger partial charge in [0.05, 0.1) is 22.6 Å². The predicted octanol–water partition coefficient (Wildman–Crippen LogP) is 6.16. The second-order valence-corrected chi connectivity index (χ2v) is 7.38. The summed E-state index contributed by atoms with van der Waals surface area (Å²) in [5.74, 6) is 0. The molecule has 4 rings (SSSR count). The van der Waals surface area contributed by atoms with E-state index in [0.29, 0.717) is 0 Å². The molecule has 0 spiro atoms. The molecule has 0 aromatic heterocycles. The summed E-state index contributed by atoms with van der Waals surface area (Å²) in [7, 11) is 0. The first-order valence-electron chi connectivity index (χ1n) is 9.13. The first-order valence-corrected chi connectivity index (χ1v) is 9.13. The van der Waals surface area contributed by atoms with Crippen LogP contribution in [0, 0.1) is 13.8 Å². The van der Waals surface area contributed by atoms with Crippen LogP contribution in [-0.2, 0) is 5.54 Å². The highest BCUT2D eigenvalue weighted by atomic mass is 15.0. The number of benzene rings is 3. The molecule has 1 N–H and O–H groups in total. The Hall–Kier alpha value is -2.87. The predicted molar refractivity (Wildman–Crippen MR) is 111 cm³/mol. The normalized spacial score (nSPS) is 19.1. The maximum Gasteiger partial charge on any atom is 0.0867 e. The van der Waals surface area contributed by atoms with E-state index in [1.165, 1.54) is 22.3 Å². The minimum absolute atomic E-state index is 0.219. The van der Waals surface area contributed by atoms with Crippen LogP contribution in [0.3, 0.4) is 0 Å². The van der Waals surface area contributed by atoms with Crippen molar-refractivity contribution in [2.24, 2.45) is 4.99 Å². The van der Waals surface area contributed by atoms with Gasteiger partial charge in [0.15, 0.2) is 0 Å². The molecule has 0 radical (unpaired) electrons. The van der Waals surface area contributed by atoms with Crippen LogP contribution in [-0.4, -0.2) is 5.71 Å². The maximum atomic E-state index is 5.09. The maximum absolute atomic E-state index is 5.09. The number of aliphatic imine (C=N–C) groups is 1. The molecule has 1 unspecified atom stereocenters. The van der Waals surface area contributed by atoms with E-state index in [2.05, 4.69) is 98.9 Å². The summed E-state index contributed by atoms with van der Waals surface area (Å²) < 4.78 is 0. The Labute approximate surface area is 155 Å². The molecule has 1 heterocycles. The number of anilines is 1. The topological polar surface area (TPSA) is 24.4 Å². The third kappa shape index (κ3) is 3.03. The highest BCUT2D eigenvalue weighted by Crippen LogP contribution is 2.40. The second-order valence-electron chi connectivity index (χ2n) is 7.38. The lowest BCUT2D eigenvalue weighted by Crippen LogP contribution is -2.33. The third-order valence-electron chi connectivity index (χ3n) is 5.32. The van der Waals surface area contributed by atoms with E-state index < -0.39 is 0 Å². The molecule has 26 heavy (non-hydrogen) atoms. The largest absolute Gasteiger partial charge is 0.374 e. The van der Waals surface area contributed by atoms with E-state index in [9.17, 15) is 0 Å². The van der Waals surface area contributed by atoms with Gasteiger partial charge in [0.25, 0.3) is 0 Å². The fraction of sp³-hybridized carbons (Fsp3) is 0.208. The van der Waals surface area contributed by atoms with Gasteiger partial charge in [0, 0.05) is 6.42 Å². The summed E-state index contributed by atoms with van der Waals surface area (Å²) in [5, 5.41) is 3.81. The van der Waals surface area contributed by atoms with Gasteiger partial charge in [0.2, 0.25) is 0 Å². The van der Waals surface area contributed by atoms with Crippen LogP contribution < -0.4 is 5.32 Å². The van der Waals surface area contributed by atoms with E-state index in [4.69, 9.17) is 4.99 Å². The van der Waals surface area contributed by atoms with Crippen LogP contribution in [0.4, 0.5) is 11.4 Å². The van der Waals surface area contributed by atoms with Crippen molar-refractivity contribution in [2.45, 2.75) is 32.7 Å². The van der Waals surface area contributed by atoms with Crippen molar-refractivity contribution in [3.8, 4) is 0 Å². The number of rotatable bonds is 2. The Morgan fingerprint density at radius 2 is 1.46 bits per heavy atom. The molecule has 0 fully saturated rings. The molecule has 0 aliphatic carbocycles. The van der Waals surface area contributed by atoms with Crippen molar-refractivity contribution >= 4 is 17.1 Å². The zero-order valence-corrected chi connectivity index (χ0v) is 15.6. The average molecular weight is 340 g/mol. The van der Waals surface area contributed by atoms with Crippen LogP contribution in [0.1, 0.15) is 35.6 Å². The molecule has 2 nitrogen and oxygen atoms in total. The van der Waals surface area contributed by atoms with E-state index in [0.717, 1.165) is 23.5 Å². The van der Waals surface area contributed by atoms with Gasteiger partial charge in [-0.2, -0.15) is 0 Å². The minimum atomic E-state index is -0.219. The SMILES string of the molecule is Cc1cc2c(cc1C)NC(C)(c1ccccc1)CC(c1ccccc1)=N2. The van der Waals surface area contributed by atoms with Crippen LogP contribution in [0.5, 0.6) is 0 Å². The zero-order chi connectivity index (χ0) is 18.1. The van der Waals surface area contributed by atoms with Gasteiger partial charge in [-0.05, 0) is 55.2 Å². The number of hydrogen-bond donors (Lipinski definition) is 1. The number of aryl methyl sites for hydroxylation is 2. The van der Waals surface area contributed by atoms with Crippen LogP contribution in [0.15, 0.2) is 77.8 Å². The molecule has 1 atom stereocenters. The summed E-state index contributed by atoms with van der Waals surface area (Å²) >= 11 is 0. The van der Waals surface area contributed by atoms with Crippen molar-refractivity contribution in [3.63, 3.8) is 0 Å². The Bertz CT molecular complexity index is 958. The van der Waals surface area contributed by atoms with Gasteiger partial charge < -0.3 is 5.32 Å². The highest BCUT2D eigenvalue weighted by molar-refractivity contribution is 6.04. The lowest BCUT2D eigenvalue weighted by atomic mass is 9.85. The van der Waals surface area contributed by atoms with Gasteiger partial charge in [-0.25, -0.2) is 0 Å². The summed E-state index contributed by atoms with van der Waals surface area (Å²) in [5.41, 5.74) is 8.03.